The Labute approximate surface area is 102 Å². The molecule has 1 aliphatic rings. The first-order chi connectivity index (χ1) is 8.38. The van der Waals surface area contributed by atoms with Crippen molar-refractivity contribution in [1.29, 1.82) is 0 Å². The molecule has 0 saturated carbocycles. The first-order valence-electron chi connectivity index (χ1n) is 6.30. The number of piperidine rings is 1. The Balaban J connectivity index is 1.90. The van der Waals surface area contributed by atoms with Crippen molar-refractivity contribution in [2.75, 3.05) is 25.0 Å². The average Bonchev–Trinajstić information content (AvgIpc) is 2.38. The van der Waals surface area contributed by atoms with Gasteiger partial charge >= 0.3 is 0 Å². The summed E-state index contributed by atoms with van der Waals surface area (Å²) >= 11 is 0. The van der Waals surface area contributed by atoms with Crippen molar-refractivity contribution in [3.8, 4) is 5.88 Å². The first kappa shape index (κ1) is 12.1. The van der Waals surface area contributed by atoms with E-state index in [-0.39, 0.29) is 0 Å². The molecule has 0 bridgehead atoms. The lowest BCUT2D eigenvalue weighted by molar-refractivity contribution is 0.305. The maximum Gasteiger partial charge on any atom is 0.218 e. The third-order valence-electron chi connectivity index (χ3n) is 2.74. The van der Waals surface area contributed by atoms with E-state index in [9.17, 15) is 0 Å². The number of hydrogen-bond donors (Lipinski definition) is 2. The van der Waals surface area contributed by atoms with Crippen molar-refractivity contribution >= 4 is 5.82 Å². The van der Waals surface area contributed by atoms with Crippen LogP contribution in [0.3, 0.4) is 0 Å². The largest absolute Gasteiger partial charge is 0.478 e. The molecule has 1 aromatic rings. The molecule has 2 N–H and O–H groups in total. The molecular formula is C12H20N4O. The van der Waals surface area contributed by atoms with E-state index >= 15 is 0 Å². The highest BCUT2D eigenvalue weighted by Gasteiger charge is 2.13. The summed E-state index contributed by atoms with van der Waals surface area (Å²) in [7, 11) is 0. The molecule has 1 fully saturated rings. The van der Waals surface area contributed by atoms with Gasteiger partial charge in [-0.2, -0.15) is 0 Å². The van der Waals surface area contributed by atoms with E-state index in [1.54, 1.807) is 6.33 Å². The highest BCUT2D eigenvalue weighted by molar-refractivity contribution is 5.38. The van der Waals surface area contributed by atoms with E-state index < -0.39 is 0 Å². The quantitative estimate of drug-likeness (QED) is 0.810. The zero-order chi connectivity index (χ0) is 11.9. The summed E-state index contributed by atoms with van der Waals surface area (Å²) in [6, 6.07) is 2.32. The third-order valence-corrected chi connectivity index (χ3v) is 2.74. The number of nitrogens with zero attached hydrogens (tertiary/aromatic N) is 2. The van der Waals surface area contributed by atoms with Crippen LogP contribution in [0.2, 0.25) is 0 Å². The normalized spacial score (nSPS) is 19.9. The summed E-state index contributed by atoms with van der Waals surface area (Å²) < 4.78 is 5.48. The second-order valence-corrected chi connectivity index (χ2v) is 4.28. The Morgan fingerprint density at radius 3 is 3.24 bits per heavy atom. The number of ether oxygens (including phenoxy) is 1. The van der Waals surface area contributed by atoms with Crippen molar-refractivity contribution in [3.05, 3.63) is 12.4 Å². The highest BCUT2D eigenvalue weighted by Crippen LogP contribution is 2.14. The fraction of sp³-hybridized carbons (Fsp3) is 0.667. The van der Waals surface area contributed by atoms with E-state index in [1.807, 2.05) is 6.07 Å². The summed E-state index contributed by atoms with van der Waals surface area (Å²) in [5.74, 6) is 1.49. The maximum atomic E-state index is 5.48. The lowest BCUT2D eigenvalue weighted by atomic mass is 10.1. The predicted molar refractivity (Wildman–Crippen MR) is 67.3 cm³/mol. The Bertz CT molecular complexity index is 339. The third kappa shape index (κ3) is 3.85. The Morgan fingerprint density at radius 2 is 2.47 bits per heavy atom. The van der Waals surface area contributed by atoms with Crippen molar-refractivity contribution in [1.82, 2.24) is 15.3 Å². The molecule has 1 saturated heterocycles. The van der Waals surface area contributed by atoms with Gasteiger partial charge in [0.15, 0.2) is 0 Å². The van der Waals surface area contributed by atoms with Crippen LogP contribution in [-0.4, -0.2) is 35.7 Å². The highest BCUT2D eigenvalue weighted by atomic mass is 16.5. The SMILES string of the molecule is CCCOc1cc(NC2CCCNC2)ncn1. The second kappa shape index (κ2) is 6.39. The van der Waals surface area contributed by atoms with Gasteiger partial charge in [0, 0.05) is 18.7 Å². The van der Waals surface area contributed by atoms with Gasteiger partial charge in [-0.05, 0) is 25.8 Å². The molecule has 1 aliphatic heterocycles. The maximum absolute atomic E-state index is 5.48. The molecule has 1 unspecified atom stereocenters. The van der Waals surface area contributed by atoms with Gasteiger partial charge in [-0.15, -0.1) is 0 Å². The molecule has 94 valence electrons. The standard InChI is InChI=1S/C12H20N4O/c1-2-6-17-12-7-11(14-9-15-12)16-10-4-3-5-13-8-10/h7,9-10,13H,2-6,8H2,1H3,(H,14,15,16). The summed E-state index contributed by atoms with van der Waals surface area (Å²) in [6.45, 7) is 4.89. The van der Waals surface area contributed by atoms with Gasteiger partial charge in [-0.3, -0.25) is 0 Å². The molecule has 0 aromatic carbocycles. The minimum atomic E-state index is 0.456. The number of nitrogens with one attached hydrogen (secondary N) is 2. The molecule has 0 amide bonds. The van der Waals surface area contributed by atoms with Gasteiger partial charge in [0.05, 0.1) is 6.61 Å². The second-order valence-electron chi connectivity index (χ2n) is 4.28. The molecule has 17 heavy (non-hydrogen) atoms. The topological polar surface area (TPSA) is 59.1 Å². The van der Waals surface area contributed by atoms with Crippen LogP contribution in [0.15, 0.2) is 12.4 Å². The summed E-state index contributed by atoms with van der Waals surface area (Å²) in [5.41, 5.74) is 0. The molecule has 2 heterocycles. The number of aromatic nitrogens is 2. The molecule has 5 nitrogen and oxygen atoms in total. The van der Waals surface area contributed by atoms with Crippen molar-refractivity contribution < 1.29 is 4.74 Å². The van der Waals surface area contributed by atoms with Crippen LogP contribution in [0, 0.1) is 0 Å². The van der Waals surface area contributed by atoms with Crippen molar-refractivity contribution in [3.63, 3.8) is 0 Å². The summed E-state index contributed by atoms with van der Waals surface area (Å²) in [5, 5.41) is 6.77. The van der Waals surface area contributed by atoms with Crippen LogP contribution < -0.4 is 15.4 Å². The molecule has 2 rings (SSSR count). The van der Waals surface area contributed by atoms with E-state index in [0.29, 0.717) is 18.5 Å². The van der Waals surface area contributed by atoms with E-state index in [2.05, 4.69) is 27.5 Å². The number of hydrogen-bond acceptors (Lipinski definition) is 5. The van der Waals surface area contributed by atoms with Gasteiger partial charge in [0.25, 0.3) is 0 Å². The zero-order valence-electron chi connectivity index (χ0n) is 10.3. The smallest absolute Gasteiger partial charge is 0.218 e. The fourth-order valence-electron chi connectivity index (χ4n) is 1.89. The Morgan fingerprint density at radius 1 is 1.53 bits per heavy atom. The van der Waals surface area contributed by atoms with Gasteiger partial charge in [-0.1, -0.05) is 6.92 Å². The van der Waals surface area contributed by atoms with E-state index in [0.717, 1.165) is 25.3 Å². The fourth-order valence-corrected chi connectivity index (χ4v) is 1.89. The summed E-state index contributed by atoms with van der Waals surface area (Å²) in [4.78, 5) is 8.29. The zero-order valence-corrected chi connectivity index (χ0v) is 10.3. The van der Waals surface area contributed by atoms with Crippen LogP contribution >= 0.6 is 0 Å². The van der Waals surface area contributed by atoms with Crippen LogP contribution in [-0.2, 0) is 0 Å². The van der Waals surface area contributed by atoms with Crippen LogP contribution in [0.5, 0.6) is 5.88 Å². The number of rotatable bonds is 5. The predicted octanol–water partition coefficient (Wildman–Crippen LogP) is 1.43. The van der Waals surface area contributed by atoms with Gasteiger partial charge < -0.3 is 15.4 Å². The van der Waals surface area contributed by atoms with E-state index in [4.69, 9.17) is 4.74 Å². The average molecular weight is 236 g/mol. The lowest BCUT2D eigenvalue weighted by Gasteiger charge is -2.24. The van der Waals surface area contributed by atoms with Crippen molar-refractivity contribution in [2.24, 2.45) is 0 Å². The molecular weight excluding hydrogens is 216 g/mol. The molecule has 0 aliphatic carbocycles. The number of anilines is 1. The van der Waals surface area contributed by atoms with Gasteiger partial charge in [0.2, 0.25) is 5.88 Å². The minimum Gasteiger partial charge on any atom is -0.478 e. The lowest BCUT2D eigenvalue weighted by Crippen LogP contribution is -2.38. The van der Waals surface area contributed by atoms with Gasteiger partial charge in [-0.25, -0.2) is 9.97 Å². The van der Waals surface area contributed by atoms with Crippen LogP contribution in [0.25, 0.3) is 0 Å². The molecule has 5 heteroatoms. The molecule has 0 spiro atoms. The van der Waals surface area contributed by atoms with Crippen molar-refractivity contribution in [2.45, 2.75) is 32.2 Å². The summed E-state index contributed by atoms with van der Waals surface area (Å²) in [6.07, 6.45) is 4.92. The Kier molecular flexibility index (Phi) is 4.55. The van der Waals surface area contributed by atoms with Crippen LogP contribution in [0.4, 0.5) is 5.82 Å². The Hall–Kier alpha value is -1.36. The van der Waals surface area contributed by atoms with Crippen LogP contribution in [0.1, 0.15) is 26.2 Å². The molecule has 1 aromatic heterocycles. The van der Waals surface area contributed by atoms with E-state index in [1.165, 1.54) is 12.8 Å². The first-order valence-corrected chi connectivity index (χ1v) is 6.30. The monoisotopic (exact) mass is 236 g/mol. The van der Waals surface area contributed by atoms with Gasteiger partial charge in [0.1, 0.15) is 12.1 Å². The molecule has 1 atom stereocenters. The minimum absolute atomic E-state index is 0.456. The molecule has 0 radical (unpaired) electrons.